The number of fused-ring (bicyclic) bond motifs is 1. The number of para-hydroxylation sites is 1. The topological polar surface area (TPSA) is 79.9 Å². The minimum absolute atomic E-state index is 0.172. The number of hydrogen-bond donors (Lipinski definition) is 2. The predicted molar refractivity (Wildman–Crippen MR) is 80.5 cm³/mol. The van der Waals surface area contributed by atoms with Gasteiger partial charge in [0.15, 0.2) is 5.82 Å². The van der Waals surface area contributed by atoms with Crippen LogP contribution in [0, 0.1) is 0 Å². The fourth-order valence-electron chi connectivity index (χ4n) is 2.19. The summed E-state index contributed by atoms with van der Waals surface area (Å²) in [6, 6.07) is 9.89. The van der Waals surface area contributed by atoms with Crippen molar-refractivity contribution in [1.29, 1.82) is 0 Å². The van der Waals surface area contributed by atoms with Crippen molar-refractivity contribution < 1.29 is 4.74 Å². The van der Waals surface area contributed by atoms with Crippen LogP contribution in [0.3, 0.4) is 0 Å². The molecule has 0 bridgehead atoms. The minimum Gasteiger partial charge on any atom is -0.489 e. The van der Waals surface area contributed by atoms with E-state index in [1.807, 2.05) is 30.3 Å². The first-order chi connectivity index (χ1) is 10.3. The molecule has 0 radical (unpaired) electrons. The maximum atomic E-state index is 11.6. The first-order valence-corrected chi connectivity index (χ1v) is 6.48. The number of benzene rings is 1. The Labute approximate surface area is 120 Å². The average molecular weight is 282 g/mol. The van der Waals surface area contributed by atoms with E-state index in [2.05, 4.69) is 20.3 Å². The second-order valence-electron chi connectivity index (χ2n) is 4.46. The zero-order valence-electron chi connectivity index (χ0n) is 11.5. The van der Waals surface area contributed by atoms with Crippen molar-refractivity contribution in [3.8, 4) is 5.75 Å². The molecule has 1 aromatic carbocycles. The van der Waals surface area contributed by atoms with E-state index in [1.54, 1.807) is 6.20 Å². The SMILES string of the molecule is COc1c(NCc2cccc3cccnc23)nc[nH]c1=O. The number of anilines is 1. The van der Waals surface area contributed by atoms with Crippen LogP contribution in [0.4, 0.5) is 5.82 Å². The summed E-state index contributed by atoms with van der Waals surface area (Å²) in [5.41, 5.74) is 1.64. The van der Waals surface area contributed by atoms with Crippen LogP contribution in [-0.4, -0.2) is 22.1 Å². The highest BCUT2D eigenvalue weighted by atomic mass is 16.5. The molecule has 0 atom stereocenters. The Morgan fingerprint density at radius 1 is 1.24 bits per heavy atom. The number of nitrogens with zero attached hydrogens (tertiary/aromatic N) is 2. The first kappa shape index (κ1) is 13.1. The molecule has 0 aliphatic rings. The molecule has 106 valence electrons. The van der Waals surface area contributed by atoms with Gasteiger partial charge in [0, 0.05) is 18.1 Å². The van der Waals surface area contributed by atoms with Gasteiger partial charge in [0.1, 0.15) is 0 Å². The molecule has 2 heterocycles. The maximum absolute atomic E-state index is 11.6. The molecular formula is C15H14N4O2. The van der Waals surface area contributed by atoms with Crippen molar-refractivity contribution in [2.24, 2.45) is 0 Å². The molecule has 2 N–H and O–H groups in total. The van der Waals surface area contributed by atoms with Gasteiger partial charge in [-0.3, -0.25) is 9.78 Å². The Morgan fingerprint density at radius 3 is 2.95 bits per heavy atom. The number of aromatic nitrogens is 3. The zero-order valence-corrected chi connectivity index (χ0v) is 11.5. The summed E-state index contributed by atoms with van der Waals surface area (Å²) < 4.78 is 5.07. The van der Waals surface area contributed by atoms with Gasteiger partial charge >= 0.3 is 0 Å². The number of rotatable bonds is 4. The normalized spacial score (nSPS) is 10.5. The number of nitrogens with one attached hydrogen (secondary N) is 2. The number of aromatic amines is 1. The van der Waals surface area contributed by atoms with Gasteiger partial charge in [-0.1, -0.05) is 24.3 Å². The van der Waals surface area contributed by atoms with Crippen molar-refractivity contribution in [2.75, 3.05) is 12.4 Å². The fraction of sp³-hybridized carbons (Fsp3) is 0.133. The number of pyridine rings is 1. The Kier molecular flexibility index (Phi) is 3.51. The Balaban J connectivity index is 1.91. The summed E-state index contributed by atoms with van der Waals surface area (Å²) in [5.74, 6) is 0.583. The molecule has 21 heavy (non-hydrogen) atoms. The summed E-state index contributed by atoms with van der Waals surface area (Å²) in [4.78, 5) is 22.6. The average Bonchev–Trinajstić information content (AvgIpc) is 2.53. The first-order valence-electron chi connectivity index (χ1n) is 6.48. The van der Waals surface area contributed by atoms with Gasteiger partial charge < -0.3 is 15.0 Å². The molecule has 3 aromatic rings. The van der Waals surface area contributed by atoms with Gasteiger partial charge in [-0.2, -0.15) is 0 Å². The molecule has 0 aliphatic carbocycles. The van der Waals surface area contributed by atoms with Crippen LogP contribution in [0.2, 0.25) is 0 Å². The smallest absolute Gasteiger partial charge is 0.295 e. The Morgan fingerprint density at radius 2 is 2.10 bits per heavy atom. The van der Waals surface area contributed by atoms with E-state index in [0.717, 1.165) is 16.5 Å². The zero-order chi connectivity index (χ0) is 14.7. The van der Waals surface area contributed by atoms with Gasteiger partial charge in [-0.25, -0.2) is 4.98 Å². The summed E-state index contributed by atoms with van der Waals surface area (Å²) in [7, 11) is 1.44. The molecule has 0 aliphatic heterocycles. The van der Waals surface area contributed by atoms with E-state index in [-0.39, 0.29) is 11.3 Å². The maximum Gasteiger partial charge on any atom is 0.295 e. The Bertz CT molecular complexity index is 824. The molecule has 2 aromatic heterocycles. The van der Waals surface area contributed by atoms with E-state index >= 15 is 0 Å². The van der Waals surface area contributed by atoms with Crippen molar-refractivity contribution >= 4 is 16.7 Å². The van der Waals surface area contributed by atoms with Crippen molar-refractivity contribution in [3.05, 3.63) is 58.8 Å². The van der Waals surface area contributed by atoms with Crippen molar-refractivity contribution in [2.45, 2.75) is 6.54 Å². The third-order valence-corrected chi connectivity index (χ3v) is 3.18. The monoisotopic (exact) mass is 282 g/mol. The van der Waals surface area contributed by atoms with Gasteiger partial charge in [-0.05, 0) is 11.6 Å². The van der Waals surface area contributed by atoms with Crippen LogP contribution in [0.5, 0.6) is 5.75 Å². The standard InChI is InChI=1S/C15H14N4O2/c1-21-13-14(18-9-19-15(13)20)17-8-11-5-2-4-10-6-3-7-16-12(10)11/h2-7,9H,8H2,1H3,(H2,17,18,19,20). The highest BCUT2D eigenvalue weighted by Gasteiger charge is 2.09. The fourth-order valence-corrected chi connectivity index (χ4v) is 2.19. The van der Waals surface area contributed by atoms with Crippen LogP contribution in [0.25, 0.3) is 10.9 Å². The lowest BCUT2D eigenvalue weighted by atomic mass is 10.1. The second-order valence-corrected chi connectivity index (χ2v) is 4.46. The largest absolute Gasteiger partial charge is 0.489 e. The lowest BCUT2D eigenvalue weighted by Gasteiger charge is -2.10. The number of methoxy groups -OCH3 is 1. The van der Waals surface area contributed by atoms with Gasteiger partial charge in [-0.15, -0.1) is 0 Å². The minimum atomic E-state index is -0.314. The van der Waals surface area contributed by atoms with E-state index < -0.39 is 0 Å². The summed E-state index contributed by atoms with van der Waals surface area (Å²) in [6.45, 7) is 0.501. The van der Waals surface area contributed by atoms with E-state index in [9.17, 15) is 4.79 Å². The van der Waals surface area contributed by atoms with E-state index in [4.69, 9.17) is 4.74 Å². The second kappa shape index (κ2) is 5.62. The third-order valence-electron chi connectivity index (χ3n) is 3.18. The van der Waals surface area contributed by atoms with Crippen molar-refractivity contribution in [3.63, 3.8) is 0 Å². The predicted octanol–water partition coefficient (Wildman–Crippen LogP) is 1.94. The highest BCUT2D eigenvalue weighted by Crippen LogP contribution is 2.19. The molecule has 0 amide bonds. The van der Waals surface area contributed by atoms with Crippen LogP contribution < -0.4 is 15.6 Å². The molecule has 6 heteroatoms. The molecule has 0 saturated heterocycles. The summed E-state index contributed by atoms with van der Waals surface area (Å²) >= 11 is 0. The summed E-state index contributed by atoms with van der Waals surface area (Å²) in [6.07, 6.45) is 3.10. The van der Waals surface area contributed by atoms with E-state index in [1.165, 1.54) is 13.4 Å². The quantitative estimate of drug-likeness (QED) is 0.764. The molecule has 3 rings (SSSR count). The third kappa shape index (κ3) is 2.55. The Hall–Kier alpha value is -2.89. The lowest BCUT2D eigenvalue weighted by Crippen LogP contribution is -2.14. The number of hydrogen-bond acceptors (Lipinski definition) is 5. The van der Waals surface area contributed by atoms with Gasteiger partial charge in [0.25, 0.3) is 5.56 Å². The van der Waals surface area contributed by atoms with Crippen LogP contribution in [0.1, 0.15) is 5.56 Å². The van der Waals surface area contributed by atoms with E-state index in [0.29, 0.717) is 12.4 Å². The molecule has 0 saturated carbocycles. The van der Waals surface area contributed by atoms with Crippen LogP contribution in [0.15, 0.2) is 47.7 Å². The number of ether oxygens (including phenoxy) is 1. The van der Waals surface area contributed by atoms with Gasteiger partial charge in [0.2, 0.25) is 5.75 Å². The van der Waals surface area contributed by atoms with Crippen LogP contribution in [-0.2, 0) is 6.54 Å². The molecule has 6 nitrogen and oxygen atoms in total. The lowest BCUT2D eigenvalue weighted by molar-refractivity contribution is 0.408. The van der Waals surface area contributed by atoms with Gasteiger partial charge in [0.05, 0.1) is 19.0 Å². The van der Waals surface area contributed by atoms with Crippen LogP contribution >= 0.6 is 0 Å². The summed E-state index contributed by atoms with van der Waals surface area (Å²) in [5, 5.41) is 4.19. The molecule has 0 fully saturated rings. The highest BCUT2D eigenvalue weighted by molar-refractivity contribution is 5.81. The molecule has 0 spiro atoms. The molecular weight excluding hydrogens is 268 g/mol. The molecule has 0 unspecified atom stereocenters. The number of H-pyrrole nitrogens is 1. The van der Waals surface area contributed by atoms with Crippen molar-refractivity contribution in [1.82, 2.24) is 15.0 Å².